The standard InChI is InChI=1S/C14H28N2/c1-3-4-7-10-16-12-14(8-5-6-9-14)15-11-13(16)2/h13,15H,3-12H2,1-2H3. The van der Waals surface area contributed by atoms with Crippen LogP contribution in [0.1, 0.15) is 58.8 Å². The highest BCUT2D eigenvalue weighted by atomic mass is 15.2. The third-order valence-electron chi connectivity index (χ3n) is 4.51. The monoisotopic (exact) mass is 224 g/mol. The lowest BCUT2D eigenvalue weighted by Gasteiger charge is -2.45. The van der Waals surface area contributed by atoms with E-state index in [1.165, 1.54) is 64.6 Å². The van der Waals surface area contributed by atoms with Crippen molar-refractivity contribution in [1.29, 1.82) is 0 Å². The Morgan fingerprint density at radius 2 is 2.00 bits per heavy atom. The van der Waals surface area contributed by atoms with Gasteiger partial charge in [0.15, 0.2) is 0 Å². The lowest BCUT2D eigenvalue weighted by atomic mass is 9.92. The molecule has 1 spiro atoms. The summed E-state index contributed by atoms with van der Waals surface area (Å²) in [7, 11) is 0. The van der Waals surface area contributed by atoms with Gasteiger partial charge in [0.1, 0.15) is 0 Å². The third-order valence-corrected chi connectivity index (χ3v) is 4.51. The summed E-state index contributed by atoms with van der Waals surface area (Å²) >= 11 is 0. The van der Waals surface area contributed by atoms with Crippen molar-refractivity contribution in [1.82, 2.24) is 10.2 Å². The minimum Gasteiger partial charge on any atom is -0.308 e. The molecule has 16 heavy (non-hydrogen) atoms. The van der Waals surface area contributed by atoms with E-state index in [1.807, 2.05) is 0 Å². The van der Waals surface area contributed by atoms with Gasteiger partial charge in [0.05, 0.1) is 0 Å². The lowest BCUT2D eigenvalue weighted by molar-refractivity contribution is 0.0876. The molecule has 1 N–H and O–H groups in total. The molecule has 0 radical (unpaired) electrons. The number of hydrogen-bond donors (Lipinski definition) is 1. The second-order valence-corrected chi connectivity index (χ2v) is 5.89. The summed E-state index contributed by atoms with van der Waals surface area (Å²) in [5, 5.41) is 3.82. The van der Waals surface area contributed by atoms with Crippen LogP contribution in [0.15, 0.2) is 0 Å². The molecule has 1 saturated carbocycles. The van der Waals surface area contributed by atoms with E-state index in [-0.39, 0.29) is 0 Å². The van der Waals surface area contributed by atoms with Crippen molar-refractivity contribution < 1.29 is 0 Å². The smallest absolute Gasteiger partial charge is 0.0309 e. The van der Waals surface area contributed by atoms with Crippen LogP contribution < -0.4 is 5.32 Å². The third kappa shape index (κ3) is 2.78. The molecule has 2 fully saturated rings. The molecule has 1 unspecified atom stereocenters. The van der Waals surface area contributed by atoms with E-state index < -0.39 is 0 Å². The Morgan fingerprint density at radius 3 is 2.69 bits per heavy atom. The van der Waals surface area contributed by atoms with Crippen LogP contribution in [0, 0.1) is 0 Å². The average Bonchev–Trinajstić information content (AvgIpc) is 2.73. The molecule has 2 aliphatic rings. The molecule has 2 nitrogen and oxygen atoms in total. The summed E-state index contributed by atoms with van der Waals surface area (Å²) in [6, 6.07) is 0.739. The fraction of sp³-hybridized carbons (Fsp3) is 1.00. The summed E-state index contributed by atoms with van der Waals surface area (Å²) in [6.07, 6.45) is 9.80. The van der Waals surface area contributed by atoms with Crippen LogP contribution in [-0.4, -0.2) is 36.1 Å². The maximum absolute atomic E-state index is 3.82. The molecular weight excluding hydrogens is 196 g/mol. The zero-order valence-corrected chi connectivity index (χ0v) is 11.1. The first-order chi connectivity index (χ1) is 7.76. The van der Waals surface area contributed by atoms with E-state index in [4.69, 9.17) is 0 Å². The van der Waals surface area contributed by atoms with Crippen LogP contribution in [-0.2, 0) is 0 Å². The number of hydrogen-bond acceptors (Lipinski definition) is 2. The van der Waals surface area contributed by atoms with Crippen molar-refractivity contribution >= 4 is 0 Å². The fourth-order valence-corrected chi connectivity index (χ4v) is 3.34. The largest absolute Gasteiger partial charge is 0.308 e. The Bertz CT molecular complexity index is 209. The first kappa shape index (κ1) is 12.4. The Morgan fingerprint density at radius 1 is 1.25 bits per heavy atom. The number of unbranched alkanes of at least 4 members (excludes halogenated alkanes) is 2. The summed E-state index contributed by atoms with van der Waals surface area (Å²) in [5.41, 5.74) is 0.499. The van der Waals surface area contributed by atoms with Gasteiger partial charge in [-0.2, -0.15) is 0 Å². The SMILES string of the molecule is CCCCCN1CC2(CCCC2)NCC1C. The van der Waals surface area contributed by atoms with Crippen molar-refractivity contribution in [2.45, 2.75) is 70.4 Å². The molecule has 0 aromatic heterocycles. The number of nitrogens with one attached hydrogen (secondary N) is 1. The minimum absolute atomic E-state index is 0.499. The second kappa shape index (κ2) is 5.50. The van der Waals surface area contributed by atoms with Gasteiger partial charge in [-0.1, -0.05) is 32.6 Å². The summed E-state index contributed by atoms with van der Waals surface area (Å²) in [6.45, 7) is 8.49. The summed E-state index contributed by atoms with van der Waals surface area (Å²) < 4.78 is 0. The number of piperazine rings is 1. The van der Waals surface area contributed by atoms with Gasteiger partial charge in [0, 0.05) is 24.7 Å². The van der Waals surface area contributed by atoms with Crippen molar-refractivity contribution in [2.75, 3.05) is 19.6 Å². The zero-order valence-electron chi connectivity index (χ0n) is 11.1. The molecule has 0 bridgehead atoms. The highest BCUT2D eigenvalue weighted by Gasteiger charge is 2.39. The van der Waals surface area contributed by atoms with Crippen LogP contribution in [0.4, 0.5) is 0 Å². The first-order valence-corrected chi connectivity index (χ1v) is 7.25. The molecule has 1 aliphatic heterocycles. The molecule has 1 atom stereocenters. The van der Waals surface area contributed by atoms with Gasteiger partial charge in [-0.15, -0.1) is 0 Å². The van der Waals surface area contributed by atoms with Crippen molar-refractivity contribution in [3.8, 4) is 0 Å². The van der Waals surface area contributed by atoms with E-state index in [0.29, 0.717) is 5.54 Å². The van der Waals surface area contributed by atoms with Crippen molar-refractivity contribution in [3.63, 3.8) is 0 Å². The minimum atomic E-state index is 0.499. The maximum Gasteiger partial charge on any atom is 0.0309 e. The molecular formula is C14H28N2. The molecule has 2 heteroatoms. The topological polar surface area (TPSA) is 15.3 Å². The van der Waals surface area contributed by atoms with Crippen LogP contribution >= 0.6 is 0 Å². The first-order valence-electron chi connectivity index (χ1n) is 7.25. The molecule has 0 aromatic rings. The second-order valence-electron chi connectivity index (χ2n) is 5.89. The summed E-state index contributed by atoms with van der Waals surface area (Å²) in [5.74, 6) is 0. The molecule has 1 saturated heterocycles. The predicted molar refractivity (Wildman–Crippen MR) is 69.8 cm³/mol. The quantitative estimate of drug-likeness (QED) is 0.739. The maximum atomic E-state index is 3.82. The molecule has 94 valence electrons. The van der Waals surface area contributed by atoms with E-state index in [1.54, 1.807) is 0 Å². The Labute approximate surface area is 101 Å². The van der Waals surface area contributed by atoms with E-state index in [2.05, 4.69) is 24.1 Å². The molecule has 0 amide bonds. The highest BCUT2D eigenvalue weighted by molar-refractivity contribution is 5.00. The number of nitrogens with zero attached hydrogens (tertiary/aromatic N) is 1. The van der Waals surface area contributed by atoms with Gasteiger partial charge < -0.3 is 5.32 Å². The van der Waals surface area contributed by atoms with Crippen LogP contribution in [0.25, 0.3) is 0 Å². The fourth-order valence-electron chi connectivity index (χ4n) is 3.34. The normalized spacial score (nSPS) is 30.0. The van der Waals surface area contributed by atoms with E-state index >= 15 is 0 Å². The zero-order chi connectivity index (χ0) is 11.4. The van der Waals surface area contributed by atoms with Crippen LogP contribution in [0.3, 0.4) is 0 Å². The highest BCUT2D eigenvalue weighted by Crippen LogP contribution is 2.33. The Hall–Kier alpha value is -0.0800. The van der Waals surface area contributed by atoms with E-state index in [9.17, 15) is 0 Å². The van der Waals surface area contributed by atoms with Gasteiger partial charge in [-0.05, 0) is 32.7 Å². The van der Waals surface area contributed by atoms with Crippen molar-refractivity contribution in [2.24, 2.45) is 0 Å². The molecule has 1 aliphatic carbocycles. The average molecular weight is 224 g/mol. The molecule has 1 heterocycles. The van der Waals surface area contributed by atoms with Gasteiger partial charge in [0.25, 0.3) is 0 Å². The van der Waals surface area contributed by atoms with Crippen LogP contribution in [0.5, 0.6) is 0 Å². The molecule has 0 aromatic carbocycles. The van der Waals surface area contributed by atoms with Gasteiger partial charge in [0.2, 0.25) is 0 Å². The Kier molecular flexibility index (Phi) is 4.26. The lowest BCUT2D eigenvalue weighted by Crippen LogP contribution is -2.62. The van der Waals surface area contributed by atoms with Gasteiger partial charge in [-0.3, -0.25) is 4.90 Å². The van der Waals surface area contributed by atoms with Gasteiger partial charge >= 0.3 is 0 Å². The van der Waals surface area contributed by atoms with Gasteiger partial charge in [-0.25, -0.2) is 0 Å². The number of rotatable bonds is 4. The van der Waals surface area contributed by atoms with Crippen LogP contribution in [0.2, 0.25) is 0 Å². The summed E-state index contributed by atoms with van der Waals surface area (Å²) in [4.78, 5) is 2.73. The Balaban J connectivity index is 1.84. The van der Waals surface area contributed by atoms with Crippen molar-refractivity contribution in [3.05, 3.63) is 0 Å². The predicted octanol–water partition coefficient (Wildman–Crippen LogP) is 2.78. The van der Waals surface area contributed by atoms with E-state index in [0.717, 1.165) is 6.04 Å². The molecule has 2 rings (SSSR count).